The molecule has 0 fully saturated rings. The van der Waals surface area contributed by atoms with E-state index in [2.05, 4.69) is 15.3 Å². The average molecular weight is 415 g/mol. The van der Waals surface area contributed by atoms with Gasteiger partial charge in [-0.2, -0.15) is 0 Å². The molecule has 0 saturated heterocycles. The number of nitrogens with one attached hydrogen (secondary N) is 1. The summed E-state index contributed by atoms with van der Waals surface area (Å²) in [5.74, 6) is 1.25. The molecule has 1 amide bonds. The Bertz CT molecular complexity index is 1020. The van der Waals surface area contributed by atoms with E-state index in [1.165, 1.54) is 35.0 Å². The number of amides is 1. The standard InChI is InChI=1S/C20H22N4O2S2/c1-2-26-14-9-5-4-8-13(14)22-16(25)11-27-20-23-18(21)17-12-7-3-6-10-15(12)28-19(17)24-20/h4-5,8-9H,2-3,6-7,10-11H2,1H3,(H,22,25)(H2,21,23,24). The van der Waals surface area contributed by atoms with Crippen molar-refractivity contribution in [3.8, 4) is 5.75 Å². The second-order valence-electron chi connectivity index (χ2n) is 6.55. The molecule has 0 aliphatic heterocycles. The number of hydrogen-bond donors (Lipinski definition) is 2. The zero-order valence-electron chi connectivity index (χ0n) is 15.7. The normalized spacial score (nSPS) is 13.3. The van der Waals surface area contributed by atoms with E-state index in [1.54, 1.807) is 11.3 Å². The zero-order valence-corrected chi connectivity index (χ0v) is 17.3. The summed E-state index contributed by atoms with van der Waals surface area (Å²) in [4.78, 5) is 23.8. The second kappa shape index (κ2) is 8.36. The predicted molar refractivity (Wildman–Crippen MR) is 115 cm³/mol. The Kier molecular flexibility index (Phi) is 5.68. The lowest BCUT2D eigenvalue weighted by Crippen LogP contribution is -2.15. The first-order valence-corrected chi connectivity index (χ1v) is 11.2. The number of hydrogen-bond acceptors (Lipinski definition) is 7. The minimum absolute atomic E-state index is 0.134. The maximum Gasteiger partial charge on any atom is 0.234 e. The number of carbonyl (C=O) groups is 1. The molecule has 4 rings (SSSR count). The molecule has 0 bridgehead atoms. The van der Waals surface area contributed by atoms with Crippen LogP contribution >= 0.6 is 23.1 Å². The highest BCUT2D eigenvalue weighted by Gasteiger charge is 2.20. The van der Waals surface area contributed by atoms with Gasteiger partial charge in [0, 0.05) is 4.88 Å². The number of ether oxygens (including phenoxy) is 1. The Morgan fingerprint density at radius 2 is 2.11 bits per heavy atom. The molecule has 1 aliphatic carbocycles. The number of para-hydroxylation sites is 2. The molecule has 0 unspecified atom stereocenters. The van der Waals surface area contributed by atoms with Crippen molar-refractivity contribution in [1.82, 2.24) is 9.97 Å². The number of thiophene rings is 1. The van der Waals surface area contributed by atoms with E-state index >= 15 is 0 Å². The van der Waals surface area contributed by atoms with Crippen molar-refractivity contribution >= 4 is 50.7 Å². The summed E-state index contributed by atoms with van der Waals surface area (Å²) in [6.07, 6.45) is 4.56. The van der Waals surface area contributed by atoms with E-state index in [0.717, 1.165) is 23.1 Å². The molecule has 6 nitrogen and oxygen atoms in total. The van der Waals surface area contributed by atoms with Crippen LogP contribution in [0.25, 0.3) is 10.2 Å². The van der Waals surface area contributed by atoms with Gasteiger partial charge in [-0.25, -0.2) is 9.97 Å². The summed E-state index contributed by atoms with van der Waals surface area (Å²) >= 11 is 3.00. The Hall–Kier alpha value is -2.32. The first-order valence-electron chi connectivity index (χ1n) is 9.38. The number of thioether (sulfide) groups is 1. The van der Waals surface area contributed by atoms with E-state index in [1.807, 2.05) is 31.2 Å². The van der Waals surface area contributed by atoms with Crippen molar-refractivity contribution in [1.29, 1.82) is 0 Å². The van der Waals surface area contributed by atoms with Gasteiger partial charge < -0.3 is 15.8 Å². The van der Waals surface area contributed by atoms with E-state index in [9.17, 15) is 4.79 Å². The van der Waals surface area contributed by atoms with Gasteiger partial charge in [0.1, 0.15) is 16.4 Å². The van der Waals surface area contributed by atoms with Crippen molar-refractivity contribution in [2.24, 2.45) is 0 Å². The summed E-state index contributed by atoms with van der Waals surface area (Å²) in [6, 6.07) is 7.40. The van der Waals surface area contributed by atoms with Gasteiger partial charge >= 0.3 is 0 Å². The smallest absolute Gasteiger partial charge is 0.234 e. The van der Waals surface area contributed by atoms with Crippen molar-refractivity contribution in [3.63, 3.8) is 0 Å². The van der Waals surface area contributed by atoms with Crippen LogP contribution in [0.5, 0.6) is 5.75 Å². The fraction of sp³-hybridized carbons (Fsp3) is 0.350. The zero-order chi connectivity index (χ0) is 19.5. The molecule has 1 aromatic carbocycles. The minimum atomic E-state index is -0.134. The van der Waals surface area contributed by atoms with Crippen LogP contribution < -0.4 is 15.8 Å². The molecule has 0 saturated carbocycles. The average Bonchev–Trinajstić information content (AvgIpc) is 3.07. The molecule has 0 atom stereocenters. The lowest BCUT2D eigenvalue weighted by atomic mass is 9.97. The van der Waals surface area contributed by atoms with Crippen molar-refractivity contribution in [2.45, 2.75) is 37.8 Å². The first-order chi connectivity index (χ1) is 13.7. The monoisotopic (exact) mass is 414 g/mol. The highest BCUT2D eigenvalue weighted by Crippen LogP contribution is 2.38. The van der Waals surface area contributed by atoms with Crippen LogP contribution in [0.2, 0.25) is 0 Å². The van der Waals surface area contributed by atoms with Gasteiger partial charge in [-0.05, 0) is 50.3 Å². The molecular formula is C20H22N4O2S2. The number of carbonyl (C=O) groups excluding carboxylic acids is 1. The van der Waals surface area contributed by atoms with Gasteiger partial charge in [0.2, 0.25) is 5.91 Å². The number of anilines is 2. The maximum atomic E-state index is 12.4. The number of nitrogen functional groups attached to an aromatic ring is 1. The lowest BCUT2D eigenvalue weighted by molar-refractivity contribution is -0.113. The Morgan fingerprint density at radius 3 is 2.96 bits per heavy atom. The van der Waals surface area contributed by atoms with Gasteiger partial charge in [0.15, 0.2) is 5.16 Å². The molecule has 0 spiro atoms. The van der Waals surface area contributed by atoms with Crippen LogP contribution in [0, 0.1) is 0 Å². The molecule has 28 heavy (non-hydrogen) atoms. The predicted octanol–water partition coefficient (Wildman–Crippen LogP) is 4.28. The van der Waals surface area contributed by atoms with E-state index in [-0.39, 0.29) is 11.7 Å². The minimum Gasteiger partial charge on any atom is -0.492 e. The lowest BCUT2D eigenvalue weighted by Gasteiger charge is -2.11. The van der Waals surface area contributed by atoms with Crippen LogP contribution in [-0.4, -0.2) is 28.2 Å². The number of benzene rings is 1. The Labute approximate surface area is 171 Å². The molecule has 3 N–H and O–H groups in total. The van der Waals surface area contributed by atoms with Gasteiger partial charge in [0.25, 0.3) is 0 Å². The van der Waals surface area contributed by atoms with Gasteiger partial charge in [-0.15, -0.1) is 11.3 Å². The molecule has 3 aromatic rings. The van der Waals surface area contributed by atoms with E-state index in [4.69, 9.17) is 10.5 Å². The summed E-state index contributed by atoms with van der Waals surface area (Å²) in [6.45, 7) is 2.45. The molecule has 0 radical (unpaired) electrons. The quantitative estimate of drug-likeness (QED) is 0.462. The molecule has 2 heterocycles. The molecule has 1 aliphatic rings. The number of aryl methyl sites for hydroxylation is 2. The molecule has 8 heteroatoms. The molecule has 146 valence electrons. The third-order valence-corrected chi connectivity index (χ3v) is 6.65. The van der Waals surface area contributed by atoms with Gasteiger partial charge in [-0.1, -0.05) is 23.9 Å². The van der Waals surface area contributed by atoms with Crippen LogP contribution in [0.15, 0.2) is 29.4 Å². The van der Waals surface area contributed by atoms with Gasteiger partial charge in [0.05, 0.1) is 23.4 Å². The fourth-order valence-electron chi connectivity index (χ4n) is 3.40. The topological polar surface area (TPSA) is 90.1 Å². The highest BCUT2D eigenvalue weighted by atomic mass is 32.2. The highest BCUT2D eigenvalue weighted by molar-refractivity contribution is 7.99. The van der Waals surface area contributed by atoms with Crippen LogP contribution in [0.4, 0.5) is 11.5 Å². The van der Waals surface area contributed by atoms with Crippen molar-refractivity contribution < 1.29 is 9.53 Å². The SMILES string of the molecule is CCOc1ccccc1NC(=O)CSc1nc(N)c2c3c(sc2n1)CCCC3. The van der Waals surface area contributed by atoms with E-state index in [0.29, 0.717) is 29.0 Å². The third-order valence-electron chi connectivity index (χ3n) is 4.62. The summed E-state index contributed by atoms with van der Waals surface area (Å²) in [7, 11) is 0. The maximum absolute atomic E-state index is 12.4. The van der Waals surface area contributed by atoms with Crippen LogP contribution in [-0.2, 0) is 17.6 Å². The first kappa shape index (κ1) is 19.0. The number of nitrogens with two attached hydrogens (primary N) is 1. The van der Waals surface area contributed by atoms with Crippen LogP contribution in [0.3, 0.4) is 0 Å². The summed E-state index contributed by atoms with van der Waals surface area (Å²) in [5, 5.41) is 4.44. The van der Waals surface area contributed by atoms with Gasteiger partial charge in [-0.3, -0.25) is 4.79 Å². The van der Waals surface area contributed by atoms with E-state index < -0.39 is 0 Å². The van der Waals surface area contributed by atoms with Crippen molar-refractivity contribution in [2.75, 3.05) is 23.4 Å². The number of rotatable bonds is 6. The summed E-state index contributed by atoms with van der Waals surface area (Å²) in [5.41, 5.74) is 8.22. The largest absolute Gasteiger partial charge is 0.492 e. The molecular weight excluding hydrogens is 392 g/mol. The number of fused-ring (bicyclic) bond motifs is 3. The Balaban J connectivity index is 1.46. The summed E-state index contributed by atoms with van der Waals surface area (Å²) < 4.78 is 5.54. The number of nitrogens with zero attached hydrogens (tertiary/aromatic N) is 2. The third kappa shape index (κ3) is 3.93. The Morgan fingerprint density at radius 1 is 1.29 bits per heavy atom. The number of aromatic nitrogens is 2. The molecule has 2 aromatic heterocycles. The fourth-order valence-corrected chi connectivity index (χ4v) is 5.38. The second-order valence-corrected chi connectivity index (χ2v) is 8.57. The van der Waals surface area contributed by atoms with Crippen LogP contribution in [0.1, 0.15) is 30.2 Å². The van der Waals surface area contributed by atoms with Crippen molar-refractivity contribution in [3.05, 3.63) is 34.7 Å².